The summed E-state index contributed by atoms with van der Waals surface area (Å²) in [5.74, 6) is -0.983. The van der Waals surface area contributed by atoms with E-state index in [-0.39, 0.29) is 17.6 Å². The van der Waals surface area contributed by atoms with E-state index in [4.69, 9.17) is 24.6 Å². The number of aryl methyl sites for hydroxylation is 2. The van der Waals surface area contributed by atoms with Crippen LogP contribution in [0.4, 0.5) is 18.0 Å². The molecule has 3 aliphatic heterocycles. The number of unbranched alkanes of at least 4 members (excludes halogenated alkanes) is 1. The Bertz CT molecular complexity index is 1490. The van der Waals surface area contributed by atoms with E-state index in [2.05, 4.69) is 16.7 Å². The molecule has 1 unspecified atom stereocenters. The molecule has 1 spiro atoms. The lowest BCUT2D eigenvalue weighted by Crippen LogP contribution is -2.61. The largest absolute Gasteiger partial charge is 0.490 e. The number of hydrogen-bond donors (Lipinski definition) is 1. The molecule has 1 aliphatic carbocycles. The number of likely N-dealkylation sites (tertiary alicyclic amines) is 2. The zero-order valence-corrected chi connectivity index (χ0v) is 30.8. The van der Waals surface area contributed by atoms with Gasteiger partial charge < -0.3 is 19.6 Å². The van der Waals surface area contributed by atoms with Gasteiger partial charge in [0.1, 0.15) is 5.60 Å². The second kappa shape index (κ2) is 17.4. The number of rotatable bonds is 8. The summed E-state index contributed by atoms with van der Waals surface area (Å²) in [4.78, 5) is 52.0. The summed E-state index contributed by atoms with van der Waals surface area (Å²) in [7, 11) is 0. The van der Waals surface area contributed by atoms with Crippen molar-refractivity contribution in [3.63, 3.8) is 0 Å². The van der Waals surface area contributed by atoms with Gasteiger partial charge in [-0.3, -0.25) is 9.69 Å². The van der Waals surface area contributed by atoms with Gasteiger partial charge >= 0.3 is 18.2 Å². The van der Waals surface area contributed by atoms with Crippen molar-refractivity contribution in [2.24, 2.45) is 11.8 Å². The first-order valence-corrected chi connectivity index (χ1v) is 19.0. The third kappa shape index (κ3) is 9.62. The number of amides is 2. The van der Waals surface area contributed by atoms with Gasteiger partial charge in [0.2, 0.25) is 0 Å². The van der Waals surface area contributed by atoms with Crippen molar-refractivity contribution >= 4 is 18.0 Å². The van der Waals surface area contributed by atoms with E-state index in [1.54, 1.807) is 0 Å². The molecule has 2 aromatic rings. The molecule has 13 heteroatoms. The highest BCUT2D eigenvalue weighted by Gasteiger charge is 2.50. The molecule has 1 atom stereocenters. The molecule has 4 fully saturated rings. The minimum Gasteiger partial charge on any atom is -0.475 e. The molecule has 1 saturated carbocycles. The van der Waals surface area contributed by atoms with Crippen molar-refractivity contribution in [3.8, 4) is 11.4 Å². The fraction of sp³-hybridized carbons (Fsp3) is 0.667. The molecular formula is C39H54F3N5O5. The van der Waals surface area contributed by atoms with Gasteiger partial charge in [0.05, 0.1) is 17.0 Å². The molecule has 1 N–H and O–H groups in total. The molecule has 52 heavy (non-hydrogen) atoms. The Kier molecular flexibility index (Phi) is 13.2. The van der Waals surface area contributed by atoms with Crippen LogP contribution in [0.15, 0.2) is 30.3 Å². The first-order valence-electron chi connectivity index (χ1n) is 19.0. The third-order valence-corrected chi connectivity index (χ3v) is 11.5. The average molecular weight is 730 g/mol. The van der Waals surface area contributed by atoms with E-state index >= 15 is 0 Å². The first kappa shape index (κ1) is 39.5. The normalized spacial score (nSPS) is 21.7. The molecule has 1 aromatic carbocycles. The number of piperidine rings is 2. The van der Waals surface area contributed by atoms with Crippen molar-refractivity contribution < 1.29 is 37.4 Å². The number of alkyl halides is 3. The predicted molar refractivity (Wildman–Crippen MR) is 191 cm³/mol. The standard InChI is InChI=1S/C37H53N5O3.C2HF3O2/c1-4-5-16-31-26-42(25-29-12-8-6-9-13-29)36(44)45-37(31)19-23-40(24-20-37)32-17-21-41(22-18-32)35(43)33-27(2)38-34(39-28(33)3)30-14-10-7-11-15-30;3-2(4,5)1(6)7/h7,10-11,14-15,29,31-32H,4-6,8-9,12-13,16-26H2,1-3H3;(H,6,7). The highest BCUT2D eigenvalue weighted by atomic mass is 19.4. The Morgan fingerprint density at radius 2 is 1.54 bits per heavy atom. The van der Waals surface area contributed by atoms with Crippen LogP contribution in [0.25, 0.3) is 11.4 Å². The smallest absolute Gasteiger partial charge is 0.475 e. The molecule has 4 aliphatic rings. The van der Waals surface area contributed by atoms with Gasteiger partial charge in [-0.15, -0.1) is 0 Å². The second-order valence-corrected chi connectivity index (χ2v) is 15.0. The lowest BCUT2D eigenvalue weighted by atomic mass is 9.75. The van der Waals surface area contributed by atoms with Gasteiger partial charge in [0, 0.05) is 69.6 Å². The molecule has 1 aromatic heterocycles. The van der Waals surface area contributed by atoms with Gasteiger partial charge in [-0.1, -0.05) is 69.4 Å². The van der Waals surface area contributed by atoms with Crippen LogP contribution in [0.2, 0.25) is 0 Å². The zero-order chi connectivity index (χ0) is 37.5. The molecule has 0 bridgehead atoms. The minimum atomic E-state index is -5.08. The number of halogens is 3. The van der Waals surface area contributed by atoms with Crippen molar-refractivity contribution in [3.05, 3.63) is 47.3 Å². The predicted octanol–water partition coefficient (Wildman–Crippen LogP) is 7.67. The molecule has 2 amide bonds. The number of nitrogens with zero attached hydrogens (tertiary/aromatic N) is 5. The second-order valence-electron chi connectivity index (χ2n) is 15.0. The van der Waals surface area contributed by atoms with Crippen molar-refractivity contribution in [2.75, 3.05) is 39.3 Å². The Hall–Kier alpha value is -3.74. The summed E-state index contributed by atoms with van der Waals surface area (Å²) in [5, 5.41) is 7.12. The van der Waals surface area contributed by atoms with Crippen LogP contribution in [0, 0.1) is 25.7 Å². The van der Waals surface area contributed by atoms with Crippen LogP contribution < -0.4 is 0 Å². The molecule has 3 saturated heterocycles. The maximum Gasteiger partial charge on any atom is 0.490 e. The number of carbonyl (C=O) groups is 3. The van der Waals surface area contributed by atoms with E-state index in [0.717, 1.165) is 88.3 Å². The number of carboxylic acid groups (broad SMARTS) is 1. The van der Waals surface area contributed by atoms with Crippen LogP contribution in [0.3, 0.4) is 0 Å². The highest BCUT2D eigenvalue weighted by molar-refractivity contribution is 5.96. The lowest BCUT2D eigenvalue weighted by molar-refractivity contribution is -0.192. The lowest BCUT2D eigenvalue weighted by Gasteiger charge is -2.52. The van der Waals surface area contributed by atoms with Crippen LogP contribution in [-0.2, 0) is 9.53 Å². The van der Waals surface area contributed by atoms with Gasteiger partial charge in [0.25, 0.3) is 5.91 Å². The van der Waals surface area contributed by atoms with Gasteiger partial charge in [-0.25, -0.2) is 19.6 Å². The van der Waals surface area contributed by atoms with E-state index in [1.165, 1.54) is 44.9 Å². The minimum absolute atomic E-state index is 0.0475. The van der Waals surface area contributed by atoms with Crippen LogP contribution in [0.5, 0.6) is 0 Å². The molecule has 0 radical (unpaired) electrons. The molecule has 10 nitrogen and oxygen atoms in total. The fourth-order valence-corrected chi connectivity index (χ4v) is 8.58. The van der Waals surface area contributed by atoms with Crippen LogP contribution in [-0.4, -0.2) is 105 Å². The summed E-state index contributed by atoms with van der Waals surface area (Å²) in [6, 6.07) is 10.4. The van der Waals surface area contributed by atoms with Crippen molar-refractivity contribution in [1.29, 1.82) is 0 Å². The molecule has 4 heterocycles. The molecule has 286 valence electrons. The maximum atomic E-state index is 13.7. The summed E-state index contributed by atoms with van der Waals surface area (Å²) >= 11 is 0. The third-order valence-electron chi connectivity index (χ3n) is 11.5. The summed E-state index contributed by atoms with van der Waals surface area (Å²) < 4.78 is 38.2. The summed E-state index contributed by atoms with van der Waals surface area (Å²) in [5.41, 5.74) is 2.77. The maximum absolute atomic E-state index is 13.7. The van der Waals surface area contributed by atoms with Crippen molar-refractivity contribution in [2.45, 2.75) is 116 Å². The Labute approximate surface area is 305 Å². The Morgan fingerprint density at radius 1 is 0.942 bits per heavy atom. The van der Waals surface area contributed by atoms with E-state index in [1.807, 2.05) is 49.1 Å². The van der Waals surface area contributed by atoms with Gasteiger partial charge in [0.15, 0.2) is 5.82 Å². The molecule has 6 rings (SSSR count). The first-order chi connectivity index (χ1) is 24.8. The quantitative estimate of drug-likeness (QED) is 0.295. The topological polar surface area (TPSA) is 116 Å². The number of benzene rings is 1. The zero-order valence-electron chi connectivity index (χ0n) is 30.8. The fourth-order valence-electron chi connectivity index (χ4n) is 8.58. The summed E-state index contributed by atoms with van der Waals surface area (Å²) in [6.45, 7) is 11.3. The van der Waals surface area contributed by atoms with E-state index in [0.29, 0.717) is 29.3 Å². The van der Waals surface area contributed by atoms with Gasteiger partial charge in [-0.2, -0.15) is 13.2 Å². The number of aromatic nitrogens is 2. The Morgan fingerprint density at radius 3 is 2.10 bits per heavy atom. The molecular weight excluding hydrogens is 675 g/mol. The van der Waals surface area contributed by atoms with Crippen LogP contribution >= 0.6 is 0 Å². The number of aliphatic carboxylic acids is 1. The van der Waals surface area contributed by atoms with E-state index < -0.39 is 12.1 Å². The number of carboxylic acids is 1. The average Bonchev–Trinajstić information content (AvgIpc) is 3.13. The van der Waals surface area contributed by atoms with Crippen LogP contribution in [0.1, 0.15) is 106 Å². The monoisotopic (exact) mass is 729 g/mol. The SMILES string of the molecule is CCCCC1CN(CC2CCCCC2)C(=O)OC12CCN(C1CCN(C(=O)c3c(C)nc(-c4ccccc4)nc3C)CC1)CC2.O=C(O)C(F)(F)F. The van der Waals surface area contributed by atoms with E-state index in [9.17, 15) is 22.8 Å². The van der Waals surface area contributed by atoms with Gasteiger partial charge in [-0.05, 0) is 51.9 Å². The number of carbonyl (C=O) groups excluding carboxylic acids is 2. The number of hydrogen-bond acceptors (Lipinski definition) is 7. The highest BCUT2D eigenvalue weighted by Crippen LogP contribution is 2.42. The Balaban J connectivity index is 0.000000679. The van der Waals surface area contributed by atoms with Crippen molar-refractivity contribution in [1.82, 2.24) is 24.7 Å². The number of ether oxygens (including phenoxy) is 1. The summed E-state index contributed by atoms with van der Waals surface area (Å²) in [6.07, 6.45) is 8.58.